The summed E-state index contributed by atoms with van der Waals surface area (Å²) < 4.78 is 33.0. The Labute approximate surface area is 155 Å². The van der Waals surface area contributed by atoms with Gasteiger partial charge >= 0.3 is 0 Å². The van der Waals surface area contributed by atoms with E-state index >= 15 is 0 Å². The molecular weight excluding hydrogens is 372 g/mol. The van der Waals surface area contributed by atoms with E-state index in [1.807, 2.05) is 23.6 Å². The molecule has 0 amide bonds. The van der Waals surface area contributed by atoms with Crippen LogP contribution in [0, 0.1) is 0 Å². The molecule has 1 fully saturated rings. The predicted octanol–water partition coefficient (Wildman–Crippen LogP) is 2.32. The number of nitrogens with one attached hydrogen (secondary N) is 1. The van der Waals surface area contributed by atoms with Crippen LogP contribution in [0.1, 0.15) is 5.56 Å². The summed E-state index contributed by atoms with van der Waals surface area (Å²) in [6.07, 6.45) is 1.54. The highest BCUT2D eigenvalue weighted by Crippen LogP contribution is 2.25. The molecule has 0 bridgehead atoms. The SMILES string of the molecule is O=S(=O)(c1ccc(CNc2ncnc3ccsc23)cc1)N1CCOCC1. The maximum absolute atomic E-state index is 12.6. The van der Waals surface area contributed by atoms with Gasteiger partial charge in [0.25, 0.3) is 0 Å². The fourth-order valence-corrected chi connectivity index (χ4v) is 5.03. The lowest BCUT2D eigenvalue weighted by atomic mass is 10.2. The van der Waals surface area contributed by atoms with Gasteiger partial charge in [-0.3, -0.25) is 0 Å². The second-order valence-corrected chi connectivity index (χ2v) is 8.73. The zero-order chi connectivity index (χ0) is 18.0. The third-order valence-electron chi connectivity index (χ3n) is 4.23. The van der Waals surface area contributed by atoms with Crippen molar-refractivity contribution >= 4 is 37.4 Å². The van der Waals surface area contributed by atoms with Crippen LogP contribution < -0.4 is 5.32 Å². The molecule has 0 saturated carbocycles. The van der Waals surface area contributed by atoms with Crippen molar-refractivity contribution in [1.82, 2.24) is 14.3 Å². The number of nitrogens with zero attached hydrogens (tertiary/aromatic N) is 3. The summed E-state index contributed by atoms with van der Waals surface area (Å²) in [6, 6.07) is 8.92. The van der Waals surface area contributed by atoms with E-state index in [0.29, 0.717) is 37.7 Å². The number of sulfonamides is 1. The van der Waals surface area contributed by atoms with Gasteiger partial charge in [0.1, 0.15) is 12.1 Å². The molecule has 2 aromatic heterocycles. The zero-order valence-corrected chi connectivity index (χ0v) is 15.6. The molecule has 1 saturated heterocycles. The fraction of sp³-hybridized carbons (Fsp3) is 0.294. The minimum atomic E-state index is -3.45. The van der Waals surface area contributed by atoms with Crippen LogP contribution in [0.4, 0.5) is 5.82 Å². The van der Waals surface area contributed by atoms with E-state index in [4.69, 9.17) is 4.74 Å². The van der Waals surface area contributed by atoms with E-state index in [1.165, 1.54) is 10.6 Å². The van der Waals surface area contributed by atoms with Crippen molar-refractivity contribution in [3.8, 4) is 0 Å². The molecule has 1 aliphatic heterocycles. The molecule has 7 nitrogen and oxygen atoms in total. The molecule has 0 atom stereocenters. The van der Waals surface area contributed by atoms with Crippen molar-refractivity contribution in [3.63, 3.8) is 0 Å². The molecule has 1 aromatic carbocycles. The Morgan fingerprint density at radius 1 is 1.12 bits per heavy atom. The molecule has 0 spiro atoms. The standard InChI is InChI=1S/C17H18N4O3S2/c22-26(23,21-6-8-24-9-7-21)14-3-1-13(2-4-14)11-18-17-16-15(5-10-25-16)19-12-20-17/h1-5,10,12H,6-9,11H2,(H,18,19,20). The second-order valence-electron chi connectivity index (χ2n) is 5.87. The Morgan fingerprint density at radius 3 is 2.65 bits per heavy atom. The minimum Gasteiger partial charge on any atom is -0.379 e. The van der Waals surface area contributed by atoms with Crippen LogP contribution in [0.2, 0.25) is 0 Å². The van der Waals surface area contributed by atoms with Crippen LogP contribution in [0.3, 0.4) is 0 Å². The lowest BCUT2D eigenvalue weighted by Gasteiger charge is -2.26. The first kappa shape index (κ1) is 17.3. The quantitative estimate of drug-likeness (QED) is 0.720. The van der Waals surface area contributed by atoms with Gasteiger partial charge in [-0.1, -0.05) is 12.1 Å². The Balaban J connectivity index is 1.47. The van der Waals surface area contributed by atoms with Crippen LogP contribution in [-0.4, -0.2) is 49.0 Å². The number of aromatic nitrogens is 2. The molecule has 9 heteroatoms. The van der Waals surface area contributed by atoms with Crippen LogP contribution in [-0.2, 0) is 21.3 Å². The van der Waals surface area contributed by atoms with Gasteiger partial charge in [0, 0.05) is 19.6 Å². The average molecular weight is 390 g/mol. The summed E-state index contributed by atoms with van der Waals surface area (Å²) in [7, 11) is -3.45. The summed E-state index contributed by atoms with van der Waals surface area (Å²) in [5.74, 6) is 0.787. The summed E-state index contributed by atoms with van der Waals surface area (Å²) in [6.45, 7) is 2.24. The van der Waals surface area contributed by atoms with Gasteiger partial charge in [0.2, 0.25) is 10.0 Å². The first-order valence-corrected chi connectivity index (χ1v) is 10.6. The number of anilines is 1. The molecule has 3 heterocycles. The van der Waals surface area contributed by atoms with E-state index in [0.717, 1.165) is 21.6 Å². The van der Waals surface area contributed by atoms with E-state index in [2.05, 4.69) is 15.3 Å². The summed E-state index contributed by atoms with van der Waals surface area (Å²) in [5, 5.41) is 5.28. The van der Waals surface area contributed by atoms with Crippen LogP contribution in [0.25, 0.3) is 10.2 Å². The molecule has 0 radical (unpaired) electrons. The first-order valence-electron chi connectivity index (χ1n) is 8.23. The van der Waals surface area contributed by atoms with Crippen LogP contribution in [0.15, 0.2) is 46.9 Å². The fourth-order valence-electron chi connectivity index (χ4n) is 2.82. The van der Waals surface area contributed by atoms with Gasteiger partial charge in [-0.05, 0) is 29.1 Å². The first-order chi connectivity index (χ1) is 12.6. The van der Waals surface area contributed by atoms with E-state index < -0.39 is 10.0 Å². The second kappa shape index (κ2) is 7.28. The Hall–Kier alpha value is -2.07. The molecule has 1 aliphatic rings. The minimum absolute atomic E-state index is 0.311. The van der Waals surface area contributed by atoms with Crippen molar-refractivity contribution in [1.29, 1.82) is 0 Å². The lowest BCUT2D eigenvalue weighted by Crippen LogP contribution is -2.40. The number of fused-ring (bicyclic) bond motifs is 1. The van der Waals surface area contributed by atoms with Gasteiger partial charge in [-0.2, -0.15) is 4.31 Å². The van der Waals surface area contributed by atoms with Crippen molar-refractivity contribution < 1.29 is 13.2 Å². The molecular formula is C17H18N4O3S2. The molecule has 136 valence electrons. The number of morpholine rings is 1. The molecule has 4 rings (SSSR count). The van der Waals surface area contributed by atoms with Crippen molar-refractivity contribution in [2.75, 3.05) is 31.6 Å². The Morgan fingerprint density at radius 2 is 1.88 bits per heavy atom. The number of rotatable bonds is 5. The van der Waals surface area contributed by atoms with Crippen LogP contribution in [0.5, 0.6) is 0 Å². The van der Waals surface area contributed by atoms with E-state index in [9.17, 15) is 8.42 Å². The maximum atomic E-state index is 12.6. The molecule has 26 heavy (non-hydrogen) atoms. The van der Waals surface area contributed by atoms with Gasteiger partial charge in [0.15, 0.2) is 0 Å². The third-order valence-corrected chi connectivity index (χ3v) is 7.06. The summed E-state index contributed by atoms with van der Waals surface area (Å²) in [4.78, 5) is 8.82. The van der Waals surface area contributed by atoms with Crippen LogP contribution >= 0.6 is 11.3 Å². The highest BCUT2D eigenvalue weighted by molar-refractivity contribution is 7.89. The number of hydrogen-bond donors (Lipinski definition) is 1. The highest BCUT2D eigenvalue weighted by atomic mass is 32.2. The smallest absolute Gasteiger partial charge is 0.243 e. The average Bonchev–Trinajstić information content (AvgIpc) is 3.17. The normalized spacial score (nSPS) is 16.0. The maximum Gasteiger partial charge on any atom is 0.243 e. The predicted molar refractivity (Wildman–Crippen MR) is 101 cm³/mol. The molecule has 3 aromatic rings. The zero-order valence-electron chi connectivity index (χ0n) is 14.0. The van der Waals surface area contributed by atoms with E-state index in [-0.39, 0.29) is 0 Å². The third kappa shape index (κ3) is 3.43. The van der Waals surface area contributed by atoms with Gasteiger partial charge in [-0.25, -0.2) is 18.4 Å². The Kier molecular flexibility index (Phi) is 4.86. The monoisotopic (exact) mass is 390 g/mol. The largest absolute Gasteiger partial charge is 0.379 e. The van der Waals surface area contributed by atoms with Crippen molar-refractivity contribution in [2.24, 2.45) is 0 Å². The highest BCUT2D eigenvalue weighted by Gasteiger charge is 2.26. The molecule has 1 N–H and O–H groups in total. The number of hydrogen-bond acceptors (Lipinski definition) is 7. The Bertz CT molecular complexity index is 996. The molecule has 0 unspecified atom stereocenters. The van der Waals surface area contributed by atoms with Gasteiger partial charge < -0.3 is 10.1 Å². The van der Waals surface area contributed by atoms with Crippen molar-refractivity contribution in [3.05, 3.63) is 47.6 Å². The lowest BCUT2D eigenvalue weighted by molar-refractivity contribution is 0.0730. The number of thiophene rings is 1. The summed E-state index contributed by atoms with van der Waals surface area (Å²) in [5.41, 5.74) is 1.90. The number of ether oxygens (including phenoxy) is 1. The van der Waals surface area contributed by atoms with Gasteiger partial charge in [-0.15, -0.1) is 11.3 Å². The molecule has 0 aliphatic carbocycles. The van der Waals surface area contributed by atoms with Crippen molar-refractivity contribution in [2.45, 2.75) is 11.4 Å². The van der Waals surface area contributed by atoms with Gasteiger partial charge in [0.05, 0.1) is 28.3 Å². The summed E-state index contributed by atoms with van der Waals surface area (Å²) >= 11 is 1.59. The number of benzene rings is 1. The van der Waals surface area contributed by atoms with E-state index in [1.54, 1.807) is 23.5 Å². The topological polar surface area (TPSA) is 84.4 Å².